The summed E-state index contributed by atoms with van der Waals surface area (Å²) in [7, 11) is 0. The summed E-state index contributed by atoms with van der Waals surface area (Å²) >= 11 is 0. The van der Waals surface area contributed by atoms with Gasteiger partial charge < -0.3 is 4.74 Å². The van der Waals surface area contributed by atoms with Crippen LogP contribution in [0.4, 0.5) is 0 Å². The van der Waals surface area contributed by atoms with Crippen molar-refractivity contribution in [3.63, 3.8) is 0 Å². The highest BCUT2D eigenvalue weighted by Gasteiger charge is 2.36. The number of benzene rings is 6. The van der Waals surface area contributed by atoms with Gasteiger partial charge >= 0.3 is 0 Å². The zero-order chi connectivity index (χ0) is 28.3. The second-order valence-electron chi connectivity index (χ2n) is 11.8. The van der Waals surface area contributed by atoms with E-state index in [-0.39, 0.29) is 12.0 Å². The summed E-state index contributed by atoms with van der Waals surface area (Å²) in [4.78, 5) is 0. The smallest absolute Gasteiger partial charge is 0.132 e. The first-order chi connectivity index (χ1) is 21.4. The molecule has 2 atom stereocenters. The molecule has 1 aliphatic heterocycles. The fourth-order valence-electron chi connectivity index (χ4n) is 7.54. The standard InChI is InChI=1S/C42H30O/c1-2-14-27(15-3-1)29-17-6-7-20-32(29)39-33-21-8-10-23-35(33)40(36-24-11-9-22-34(36)39)41-30-18-5-4-16-28(30)26-37-31-19-12-13-25-38(31)43-42(37)41/h2,4-26,31,38H,1,3H2. The van der Waals surface area contributed by atoms with Crippen LogP contribution in [0, 0.1) is 0 Å². The molecule has 1 nitrogen and oxygen atoms in total. The zero-order valence-corrected chi connectivity index (χ0v) is 23.8. The van der Waals surface area contributed by atoms with E-state index in [9.17, 15) is 0 Å². The Balaban J connectivity index is 1.43. The van der Waals surface area contributed by atoms with Crippen LogP contribution in [0.2, 0.25) is 0 Å². The van der Waals surface area contributed by atoms with Crippen molar-refractivity contribution in [2.75, 3.05) is 0 Å². The largest absolute Gasteiger partial charge is 0.484 e. The number of rotatable bonds is 3. The molecule has 6 aromatic rings. The minimum atomic E-state index is 0.0241. The molecule has 0 saturated heterocycles. The number of hydrogen-bond donors (Lipinski definition) is 0. The molecule has 9 rings (SSSR count). The normalized spacial score (nSPS) is 18.6. The predicted molar refractivity (Wildman–Crippen MR) is 182 cm³/mol. The molecule has 0 N–H and O–H groups in total. The van der Waals surface area contributed by atoms with Gasteiger partial charge in [-0.15, -0.1) is 0 Å². The molecular weight excluding hydrogens is 520 g/mol. The van der Waals surface area contributed by atoms with Gasteiger partial charge in [-0.3, -0.25) is 0 Å². The maximum absolute atomic E-state index is 6.86. The molecule has 43 heavy (non-hydrogen) atoms. The van der Waals surface area contributed by atoms with Crippen molar-refractivity contribution in [1.82, 2.24) is 0 Å². The molecule has 1 heteroatoms. The molecular formula is C42H30O. The highest BCUT2D eigenvalue weighted by atomic mass is 16.5. The van der Waals surface area contributed by atoms with E-state index >= 15 is 0 Å². The van der Waals surface area contributed by atoms with Crippen LogP contribution in [0.3, 0.4) is 0 Å². The molecule has 0 radical (unpaired) electrons. The van der Waals surface area contributed by atoms with Crippen LogP contribution in [0.15, 0.2) is 146 Å². The van der Waals surface area contributed by atoms with Crippen molar-refractivity contribution in [3.05, 3.63) is 157 Å². The first-order valence-corrected chi connectivity index (χ1v) is 15.3. The lowest BCUT2D eigenvalue weighted by Crippen LogP contribution is -2.15. The van der Waals surface area contributed by atoms with E-state index in [0.717, 1.165) is 18.6 Å². The highest BCUT2D eigenvalue weighted by molar-refractivity contribution is 6.25. The van der Waals surface area contributed by atoms with Crippen molar-refractivity contribution >= 4 is 37.9 Å². The first kappa shape index (κ1) is 24.5. The topological polar surface area (TPSA) is 9.23 Å². The molecule has 0 amide bonds. The summed E-state index contributed by atoms with van der Waals surface area (Å²) < 4.78 is 6.86. The fourth-order valence-corrected chi connectivity index (χ4v) is 7.54. The van der Waals surface area contributed by atoms with Crippen molar-refractivity contribution in [1.29, 1.82) is 0 Å². The monoisotopic (exact) mass is 550 g/mol. The molecule has 0 saturated carbocycles. The van der Waals surface area contributed by atoms with E-state index in [1.165, 1.54) is 71.3 Å². The lowest BCUT2D eigenvalue weighted by molar-refractivity contribution is 0.270. The lowest BCUT2D eigenvalue weighted by atomic mass is 9.81. The van der Waals surface area contributed by atoms with Crippen LogP contribution < -0.4 is 4.74 Å². The fraction of sp³-hybridized carbons (Fsp3) is 0.0952. The third-order valence-electron chi connectivity index (χ3n) is 9.41. The van der Waals surface area contributed by atoms with Gasteiger partial charge in [-0.05, 0) is 79.6 Å². The van der Waals surface area contributed by atoms with E-state index in [1.54, 1.807) is 0 Å². The van der Waals surface area contributed by atoms with Gasteiger partial charge in [0.2, 0.25) is 0 Å². The third-order valence-corrected chi connectivity index (χ3v) is 9.41. The first-order valence-electron chi connectivity index (χ1n) is 15.3. The van der Waals surface area contributed by atoms with E-state index in [4.69, 9.17) is 4.74 Å². The van der Waals surface area contributed by atoms with Gasteiger partial charge in [-0.25, -0.2) is 0 Å². The Kier molecular flexibility index (Phi) is 5.52. The SMILES string of the molecule is C1=CC2Oc3c(cc4ccccc4c3-c3c4ccccc4c(-c4ccccc4C4=CCCC=C4)c4ccccc34)C2C=C1. The van der Waals surface area contributed by atoms with Crippen molar-refractivity contribution in [2.45, 2.75) is 24.9 Å². The summed E-state index contributed by atoms with van der Waals surface area (Å²) in [5, 5.41) is 7.52. The van der Waals surface area contributed by atoms with Gasteiger partial charge in [0.1, 0.15) is 11.9 Å². The summed E-state index contributed by atoms with van der Waals surface area (Å²) in [5.41, 5.74) is 8.90. The van der Waals surface area contributed by atoms with Gasteiger partial charge in [-0.2, -0.15) is 0 Å². The van der Waals surface area contributed by atoms with E-state index in [0.29, 0.717) is 0 Å². The molecule has 1 heterocycles. The summed E-state index contributed by atoms with van der Waals surface area (Å²) in [5.74, 6) is 1.25. The van der Waals surface area contributed by atoms with Crippen molar-refractivity contribution in [2.24, 2.45) is 0 Å². The number of allylic oxidation sites excluding steroid dienone is 6. The maximum Gasteiger partial charge on any atom is 0.132 e. The lowest BCUT2D eigenvalue weighted by Gasteiger charge is -2.22. The highest BCUT2D eigenvalue weighted by Crippen LogP contribution is 2.54. The molecule has 0 bridgehead atoms. The Labute approximate surface area is 251 Å². The Morgan fingerprint density at radius 1 is 0.558 bits per heavy atom. The third kappa shape index (κ3) is 3.71. The number of fused-ring (bicyclic) bond motifs is 6. The Morgan fingerprint density at radius 2 is 1.19 bits per heavy atom. The second kappa shape index (κ2) is 9.71. The van der Waals surface area contributed by atoms with Gasteiger partial charge in [0.05, 0.1) is 0 Å². The van der Waals surface area contributed by atoms with Gasteiger partial charge in [-0.1, -0.05) is 134 Å². The zero-order valence-electron chi connectivity index (χ0n) is 23.8. The second-order valence-corrected chi connectivity index (χ2v) is 11.8. The average molecular weight is 551 g/mol. The molecule has 0 spiro atoms. The molecule has 0 fully saturated rings. The van der Waals surface area contributed by atoms with Crippen molar-refractivity contribution < 1.29 is 4.74 Å². The average Bonchev–Trinajstić information content (AvgIpc) is 3.45. The predicted octanol–water partition coefficient (Wildman–Crippen LogP) is 11.2. The minimum Gasteiger partial charge on any atom is -0.484 e. The summed E-state index contributed by atoms with van der Waals surface area (Å²) in [6.45, 7) is 0. The van der Waals surface area contributed by atoms with Gasteiger partial charge in [0.25, 0.3) is 0 Å². The molecule has 2 aliphatic carbocycles. The van der Waals surface area contributed by atoms with Crippen LogP contribution in [0.1, 0.15) is 29.9 Å². The van der Waals surface area contributed by atoms with Crippen LogP contribution >= 0.6 is 0 Å². The van der Waals surface area contributed by atoms with E-state index < -0.39 is 0 Å². The Bertz CT molecular complexity index is 2170. The number of hydrogen-bond acceptors (Lipinski definition) is 1. The Hall–Kier alpha value is -5.14. The summed E-state index contributed by atoms with van der Waals surface area (Å²) in [6.07, 6.45) is 17.9. The van der Waals surface area contributed by atoms with Crippen molar-refractivity contribution in [3.8, 4) is 28.0 Å². The Morgan fingerprint density at radius 3 is 1.91 bits per heavy atom. The van der Waals surface area contributed by atoms with E-state index in [1.807, 2.05) is 0 Å². The molecule has 2 unspecified atom stereocenters. The molecule has 0 aromatic heterocycles. The van der Waals surface area contributed by atoms with Gasteiger partial charge in [0, 0.05) is 22.6 Å². The molecule has 204 valence electrons. The van der Waals surface area contributed by atoms with Gasteiger partial charge in [0.15, 0.2) is 0 Å². The van der Waals surface area contributed by atoms with Crippen LogP contribution in [0.25, 0.3) is 60.1 Å². The quantitative estimate of drug-likeness (QED) is 0.199. The minimum absolute atomic E-state index is 0.0241. The molecule has 6 aromatic carbocycles. The van der Waals surface area contributed by atoms with E-state index in [2.05, 4.69) is 146 Å². The van der Waals surface area contributed by atoms with Crippen LogP contribution in [-0.2, 0) is 0 Å². The number of ether oxygens (including phenoxy) is 1. The van der Waals surface area contributed by atoms with Crippen LogP contribution in [0.5, 0.6) is 5.75 Å². The molecule has 3 aliphatic rings. The van der Waals surface area contributed by atoms with Crippen LogP contribution in [-0.4, -0.2) is 6.10 Å². The summed E-state index contributed by atoms with van der Waals surface area (Å²) in [6, 6.07) is 38.0. The maximum atomic E-state index is 6.86.